The minimum Gasteiger partial charge on any atom is -0.508 e. The Labute approximate surface area is 151 Å². The average Bonchev–Trinajstić information content (AvgIpc) is 3.00. The number of aromatic hydroxyl groups is 1. The molecule has 7 nitrogen and oxygen atoms in total. The van der Waals surface area contributed by atoms with E-state index in [4.69, 9.17) is 9.47 Å². The summed E-state index contributed by atoms with van der Waals surface area (Å²) in [4.78, 5) is 22.6. The predicted octanol–water partition coefficient (Wildman–Crippen LogP) is 2.83. The third-order valence-electron chi connectivity index (χ3n) is 4.95. The molecule has 3 atom stereocenters. The number of amides is 1. The van der Waals surface area contributed by atoms with E-state index in [1.54, 1.807) is 29.3 Å². The smallest absolute Gasteiger partial charge is 0.410 e. The van der Waals surface area contributed by atoms with Crippen LogP contribution in [0.2, 0.25) is 0 Å². The fourth-order valence-electron chi connectivity index (χ4n) is 3.61. The summed E-state index contributed by atoms with van der Waals surface area (Å²) >= 11 is 0. The maximum atomic E-state index is 12.1. The van der Waals surface area contributed by atoms with Crippen molar-refractivity contribution in [2.24, 2.45) is 17.8 Å². The topological polar surface area (TPSA) is 84.8 Å². The van der Waals surface area contributed by atoms with E-state index in [1.165, 1.54) is 0 Å². The number of benzene rings is 1. The van der Waals surface area contributed by atoms with E-state index >= 15 is 0 Å². The summed E-state index contributed by atoms with van der Waals surface area (Å²) in [6.45, 7) is 7.65. The molecule has 2 fully saturated rings. The zero-order valence-corrected chi connectivity index (χ0v) is 15.2. The van der Waals surface area contributed by atoms with Gasteiger partial charge in [-0.2, -0.15) is 0 Å². The number of piperidine rings is 1. The van der Waals surface area contributed by atoms with Crippen LogP contribution < -0.4 is 4.74 Å². The number of phenols is 1. The van der Waals surface area contributed by atoms with Crippen molar-refractivity contribution in [1.82, 2.24) is 14.9 Å². The molecule has 1 N–H and O–H groups in total. The molecule has 26 heavy (non-hydrogen) atoms. The molecular formula is C19H23N3O4. The molecule has 1 unspecified atom stereocenters. The van der Waals surface area contributed by atoms with Crippen LogP contribution >= 0.6 is 0 Å². The van der Waals surface area contributed by atoms with Gasteiger partial charge in [-0.1, -0.05) is 0 Å². The molecule has 4 rings (SSSR count). The first-order valence-corrected chi connectivity index (χ1v) is 8.87. The largest absolute Gasteiger partial charge is 0.508 e. The van der Waals surface area contributed by atoms with Gasteiger partial charge in [-0.05, 0) is 44.7 Å². The van der Waals surface area contributed by atoms with E-state index < -0.39 is 5.60 Å². The van der Waals surface area contributed by atoms with E-state index in [0.29, 0.717) is 41.3 Å². The third kappa shape index (κ3) is 3.38. The maximum Gasteiger partial charge on any atom is 0.410 e. The molecule has 1 saturated heterocycles. The van der Waals surface area contributed by atoms with Crippen molar-refractivity contribution in [3.63, 3.8) is 0 Å². The van der Waals surface area contributed by atoms with Crippen LogP contribution in [-0.4, -0.2) is 51.4 Å². The number of ether oxygens (including phenoxy) is 2. The minimum absolute atomic E-state index is 0.155. The lowest BCUT2D eigenvalue weighted by atomic mass is 10.2. The van der Waals surface area contributed by atoms with E-state index in [0.717, 1.165) is 13.1 Å². The molecule has 138 valence electrons. The van der Waals surface area contributed by atoms with Gasteiger partial charge >= 0.3 is 6.09 Å². The fraction of sp³-hybridized carbons (Fsp3) is 0.526. The molecule has 1 amide bonds. The highest BCUT2D eigenvalue weighted by Gasteiger charge is 2.57. The van der Waals surface area contributed by atoms with Gasteiger partial charge in [0.2, 0.25) is 5.88 Å². The third-order valence-corrected chi connectivity index (χ3v) is 4.95. The summed E-state index contributed by atoms with van der Waals surface area (Å²) in [6.07, 6.45) is 1.37. The van der Waals surface area contributed by atoms with Gasteiger partial charge in [0.25, 0.3) is 0 Å². The lowest BCUT2D eigenvalue weighted by Crippen LogP contribution is -2.37. The Hall–Kier alpha value is -2.57. The van der Waals surface area contributed by atoms with Gasteiger partial charge in [0.05, 0.1) is 23.8 Å². The molecular weight excluding hydrogens is 334 g/mol. The normalized spacial score (nSPS) is 24.4. The van der Waals surface area contributed by atoms with Crippen molar-refractivity contribution < 1.29 is 19.4 Å². The highest BCUT2D eigenvalue weighted by molar-refractivity contribution is 5.76. The number of carbonyl (C=O) groups excluding carboxylic acids is 1. The maximum absolute atomic E-state index is 12.1. The van der Waals surface area contributed by atoms with Crippen molar-refractivity contribution in [1.29, 1.82) is 0 Å². The molecule has 0 radical (unpaired) electrons. The molecule has 2 heterocycles. The second-order valence-corrected chi connectivity index (χ2v) is 8.07. The molecule has 0 bridgehead atoms. The molecule has 2 aliphatic rings. The Morgan fingerprint density at radius 3 is 2.69 bits per heavy atom. The molecule has 1 saturated carbocycles. The zero-order valence-electron chi connectivity index (χ0n) is 15.2. The molecule has 2 aromatic rings. The van der Waals surface area contributed by atoms with Crippen LogP contribution in [0.15, 0.2) is 24.4 Å². The Balaban J connectivity index is 1.30. The van der Waals surface area contributed by atoms with Crippen LogP contribution in [0.25, 0.3) is 11.0 Å². The fourth-order valence-corrected chi connectivity index (χ4v) is 3.61. The first-order valence-electron chi connectivity index (χ1n) is 8.87. The minimum atomic E-state index is -0.463. The average molecular weight is 357 g/mol. The van der Waals surface area contributed by atoms with Crippen LogP contribution in [0, 0.1) is 17.8 Å². The van der Waals surface area contributed by atoms with Crippen molar-refractivity contribution in [3.8, 4) is 11.6 Å². The lowest BCUT2D eigenvalue weighted by molar-refractivity contribution is 0.0260. The first-order chi connectivity index (χ1) is 12.3. The van der Waals surface area contributed by atoms with Crippen molar-refractivity contribution in [2.75, 3.05) is 19.7 Å². The number of likely N-dealkylation sites (tertiary alicyclic amines) is 1. The predicted molar refractivity (Wildman–Crippen MR) is 95.0 cm³/mol. The molecule has 7 heteroatoms. The highest BCUT2D eigenvalue weighted by atomic mass is 16.6. The quantitative estimate of drug-likeness (QED) is 0.909. The summed E-state index contributed by atoms with van der Waals surface area (Å²) in [7, 11) is 0. The van der Waals surface area contributed by atoms with Crippen LogP contribution in [0.3, 0.4) is 0 Å². The van der Waals surface area contributed by atoms with E-state index in [1.807, 2.05) is 20.8 Å². The number of fused-ring (bicyclic) bond motifs is 2. The van der Waals surface area contributed by atoms with Crippen molar-refractivity contribution >= 4 is 17.1 Å². The van der Waals surface area contributed by atoms with Gasteiger partial charge in [0, 0.05) is 25.1 Å². The number of carbonyl (C=O) groups is 1. The van der Waals surface area contributed by atoms with Crippen LogP contribution in [0.4, 0.5) is 4.79 Å². The Kier molecular flexibility index (Phi) is 3.89. The van der Waals surface area contributed by atoms with Gasteiger partial charge in [0.1, 0.15) is 11.4 Å². The Morgan fingerprint density at radius 1 is 1.27 bits per heavy atom. The first kappa shape index (κ1) is 16.9. The summed E-state index contributed by atoms with van der Waals surface area (Å²) < 4.78 is 11.2. The highest BCUT2D eigenvalue weighted by Crippen LogP contribution is 2.51. The zero-order chi connectivity index (χ0) is 18.5. The number of aromatic nitrogens is 2. The number of hydrogen-bond donors (Lipinski definition) is 1. The second-order valence-electron chi connectivity index (χ2n) is 8.07. The molecule has 1 aromatic heterocycles. The van der Waals surface area contributed by atoms with Crippen molar-refractivity contribution in [2.45, 2.75) is 26.4 Å². The van der Waals surface area contributed by atoms with E-state index in [9.17, 15) is 9.90 Å². The number of nitrogens with zero attached hydrogens (tertiary/aromatic N) is 3. The summed E-state index contributed by atoms with van der Waals surface area (Å²) in [5.41, 5.74) is 0.858. The molecule has 1 aliphatic heterocycles. The Bertz CT molecular complexity index is 836. The van der Waals surface area contributed by atoms with Gasteiger partial charge in [-0.15, -0.1) is 0 Å². The van der Waals surface area contributed by atoms with Crippen LogP contribution in [0.5, 0.6) is 11.6 Å². The van der Waals surface area contributed by atoms with Gasteiger partial charge in [-0.3, -0.25) is 0 Å². The monoisotopic (exact) mass is 357 g/mol. The van der Waals surface area contributed by atoms with Gasteiger partial charge < -0.3 is 19.5 Å². The lowest BCUT2D eigenvalue weighted by Gasteiger charge is -2.25. The van der Waals surface area contributed by atoms with Gasteiger partial charge in [0.15, 0.2) is 0 Å². The molecule has 0 spiro atoms. The molecule has 1 aliphatic carbocycles. The second kappa shape index (κ2) is 6.00. The van der Waals surface area contributed by atoms with Crippen molar-refractivity contribution in [3.05, 3.63) is 24.4 Å². The molecule has 1 aromatic carbocycles. The van der Waals surface area contributed by atoms with Gasteiger partial charge in [-0.25, -0.2) is 14.8 Å². The summed E-state index contributed by atoms with van der Waals surface area (Å²) in [6, 6.07) is 4.87. The van der Waals surface area contributed by atoms with Crippen LogP contribution in [0.1, 0.15) is 20.8 Å². The Morgan fingerprint density at radius 2 is 2.00 bits per heavy atom. The van der Waals surface area contributed by atoms with E-state index in [2.05, 4.69) is 9.97 Å². The number of hydrogen-bond acceptors (Lipinski definition) is 6. The summed E-state index contributed by atoms with van der Waals surface area (Å²) in [5, 5.41) is 9.55. The standard InChI is InChI=1S/C19H23N3O4/c1-19(2,3)26-18(24)22-8-12-13(9-22)14(12)10-25-17-7-20-15-5-4-11(23)6-16(15)21-17/h4-7,12-14,23H,8-10H2,1-3H3/t12-,13+,14?. The SMILES string of the molecule is CC(C)(C)OC(=O)N1C[C@@H]2C(COc3cnc4ccc(O)cc4n3)[C@@H]2C1. The summed E-state index contributed by atoms with van der Waals surface area (Å²) in [5.74, 6) is 2.00. The number of phenolic OH excluding ortho intramolecular Hbond substituents is 1. The van der Waals surface area contributed by atoms with Crippen LogP contribution in [-0.2, 0) is 4.74 Å². The number of rotatable bonds is 3. The van der Waals surface area contributed by atoms with E-state index in [-0.39, 0.29) is 11.8 Å².